The van der Waals surface area contributed by atoms with E-state index in [1.54, 1.807) is 0 Å². The molecule has 42 heavy (non-hydrogen) atoms. The lowest BCUT2D eigenvalue weighted by molar-refractivity contribution is 0.866. The molecule has 0 atom stereocenters. The monoisotopic (exact) mass is 537 g/mol. The first-order valence-corrected chi connectivity index (χ1v) is 14.8. The lowest BCUT2D eigenvalue weighted by Gasteiger charge is -2.28. The molecular weight excluding hydrogens is 506 g/mol. The third-order valence-corrected chi connectivity index (χ3v) is 8.71. The van der Waals surface area contributed by atoms with Crippen molar-refractivity contribution in [2.45, 2.75) is 19.8 Å². The SMILES string of the molecule is CC(C)c1ccc(N(c2ccccc2)c2ccc3cc4c(cc3c2)-c2cc3cc(-c5ccccc5)ccc3cc2-4)cc1. The Morgan fingerprint density at radius 3 is 1.50 bits per heavy atom. The normalized spacial score (nSPS) is 11.8. The molecule has 7 aromatic rings. The zero-order chi connectivity index (χ0) is 28.2. The highest BCUT2D eigenvalue weighted by atomic mass is 15.1. The Morgan fingerprint density at radius 2 is 0.881 bits per heavy atom. The van der Waals surface area contributed by atoms with Crippen LogP contribution in [0.2, 0.25) is 0 Å². The Bertz CT molecular complexity index is 2090. The molecule has 1 aliphatic rings. The van der Waals surface area contributed by atoms with E-state index in [1.165, 1.54) is 66.2 Å². The first-order valence-electron chi connectivity index (χ1n) is 14.8. The molecule has 0 aliphatic heterocycles. The molecule has 200 valence electrons. The zero-order valence-corrected chi connectivity index (χ0v) is 23.9. The topological polar surface area (TPSA) is 3.24 Å². The van der Waals surface area contributed by atoms with Crippen LogP contribution in [0.1, 0.15) is 25.3 Å². The van der Waals surface area contributed by atoms with Gasteiger partial charge in [0.05, 0.1) is 0 Å². The van der Waals surface area contributed by atoms with Crippen LogP contribution in [0, 0.1) is 0 Å². The van der Waals surface area contributed by atoms with Crippen molar-refractivity contribution in [1.29, 1.82) is 0 Å². The van der Waals surface area contributed by atoms with Gasteiger partial charge >= 0.3 is 0 Å². The molecule has 0 unspecified atom stereocenters. The van der Waals surface area contributed by atoms with Crippen LogP contribution in [0.15, 0.2) is 146 Å². The van der Waals surface area contributed by atoms with Gasteiger partial charge in [0.2, 0.25) is 0 Å². The van der Waals surface area contributed by atoms with Crippen molar-refractivity contribution in [3.05, 3.63) is 151 Å². The van der Waals surface area contributed by atoms with E-state index in [4.69, 9.17) is 0 Å². The second-order valence-electron chi connectivity index (χ2n) is 11.7. The van der Waals surface area contributed by atoms with Crippen molar-refractivity contribution in [2.24, 2.45) is 0 Å². The standard InChI is InChI=1S/C41H31N/c1-27(2)28-15-18-36(19-16-28)42(35-11-7-4-8-12-35)37-20-17-32-24-39-38-23-31-14-13-30(29-9-5-3-6-10-29)21-33(31)25-40(38)41(39)26-34(32)22-37/h3-27H,1-2H3. The van der Waals surface area contributed by atoms with Crippen LogP contribution in [-0.2, 0) is 0 Å². The smallest absolute Gasteiger partial charge is 0.0468 e. The van der Waals surface area contributed by atoms with Crippen LogP contribution in [0.25, 0.3) is 54.9 Å². The van der Waals surface area contributed by atoms with Gasteiger partial charge in [-0.25, -0.2) is 0 Å². The van der Waals surface area contributed by atoms with E-state index in [0.29, 0.717) is 5.92 Å². The lowest BCUT2D eigenvalue weighted by Crippen LogP contribution is -2.10. The second-order valence-corrected chi connectivity index (χ2v) is 11.7. The minimum absolute atomic E-state index is 0.507. The highest BCUT2D eigenvalue weighted by Gasteiger charge is 2.24. The Labute approximate surface area is 247 Å². The molecule has 1 heteroatoms. The van der Waals surface area contributed by atoms with E-state index in [9.17, 15) is 0 Å². The average Bonchev–Trinajstić information content (AvgIpc) is 3.04. The molecule has 8 rings (SSSR count). The van der Waals surface area contributed by atoms with Gasteiger partial charge < -0.3 is 4.90 Å². The molecule has 0 heterocycles. The molecule has 0 spiro atoms. The summed E-state index contributed by atoms with van der Waals surface area (Å²) in [5, 5.41) is 5.10. The van der Waals surface area contributed by atoms with Crippen molar-refractivity contribution < 1.29 is 0 Å². The predicted molar refractivity (Wildman–Crippen MR) is 180 cm³/mol. The largest absolute Gasteiger partial charge is 0.310 e. The van der Waals surface area contributed by atoms with Crippen LogP contribution in [0.4, 0.5) is 17.1 Å². The summed E-state index contributed by atoms with van der Waals surface area (Å²) < 4.78 is 0. The molecule has 0 fully saturated rings. The number of benzene rings is 7. The Morgan fingerprint density at radius 1 is 0.381 bits per heavy atom. The number of rotatable bonds is 5. The van der Waals surface area contributed by atoms with Crippen LogP contribution < -0.4 is 4.90 Å². The van der Waals surface area contributed by atoms with Crippen LogP contribution in [-0.4, -0.2) is 0 Å². The lowest BCUT2D eigenvalue weighted by atomic mass is 9.77. The molecule has 0 saturated heterocycles. The van der Waals surface area contributed by atoms with Crippen LogP contribution in [0.5, 0.6) is 0 Å². The van der Waals surface area contributed by atoms with Gasteiger partial charge in [-0.2, -0.15) is 0 Å². The number of fused-ring (bicyclic) bond motifs is 6. The van der Waals surface area contributed by atoms with Gasteiger partial charge in [0.25, 0.3) is 0 Å². The molecule has 0 amide bonds. The van der Waals surface area contributed by atoms with E-state index in [0.717, 1.165) is 11.4 Å². The summed E-state index contributed by atoms with van der Waals surface area (Å²) in [4.78, 5) is 2.36. The van der Waals surface area contributed by atoms with E-state index in [2.05, 4.69) is 164 Å². The number of hydrogen-bond acceptors (Lipinski definition) is 1. The molecule has 0 N–H and O–H groups in total. The fraction of sp³-hybridized carbons (Fsp3) is 0.0732. The van der Waals surface area contributed by atoms with Gasteiger partial charge in [0.1, 0.15) is 0 Å². The summed E-state index contributed by atoms with van der Waals surface area (Å²) in [6.45, 7) is 4.48. The first kappa shape index (κ1) is 24.6. The van der Waals surface area contributed by atoms with Crippen molar-refractivity contribution in [3.63, 3.8) is 0 Å². The van der Waals surface area contributed by atoms with E-state index in [1.807, 2.05) is 0 Å². The van der Waals surface area contributed by atoms with Gasteiger partial charge in [-0.05, 0) is 133 Å². The zero-order valence-electron chi connectivity index (χ0n) is 23.9. The van der Waals surface area contributed by atoms with Crippen LogP contribution >= 0.6 is 0 Å². The van der Waals surface area contributed by atoms with Crippen molar-refractivity contribution >= 4 is 38.6 Å². The third-order valence-electron chi connectivity index (χ3n) is 8.71. The summed E-state index contributed by atoms with van der Waals surface area (Å²) in [5.74, 6) is 0.507. The highest BCUT2D eigenvalue weighted by Crippen LogP contribution is 2.51. The fourth-order valence-corrected chi connectivity index (χ4v) is 6.39. The third kappa shape index (κ3) is 4.09. The summed E-state index contributed by atoms with van der Waals surface area (Å²) in [6.07, 6.45) is 0. The number of hydrogen-bond donors (Lipinski definition) is 0. The molecule has 1 nitrogen and oxygen atoms in total. The predicted octanol–water partition coefficient (Wildman–Crippen LogP) is 11.9. The maximum absolute atomic E-state index is 2.38. The summed E-state index contributed by atoms with van der Waals surface area (Å²) >= 11 is 0. The van der Waals surface area contributed by atoms with Gasteiger partial charge in [0.15, 0.2) is 0 Å². The van der Waals surface area contributed by atoms with Crippen molar-refractivity contribution in [2.75, 3.05) is 4.90 Å². The molecule has 0 aromatic heterocycles. The molecular formula is C41H31N. The minimum Gasteiger partial charge on any atom is -0.310 e. The number of para-hydroxylation sites is 1. The van der Waals surface area contributed by atoms with Gasteiger partial charge in [-0.1, -0.05) is 92.7 Å². The quantitative estimate of drug-likeness (QED) is 0.211. The molecule has 1 aliphatic carbocycles. The molecule has 0 bridgehead atoms. The maximum atomic E-state index is 2.38. The fourth-order valence-electron chi connectivity index (χ4n) is 6.39. The van der Waals surface area contributed by atoms with Gasteiger partial charge in [-0.3, -0.25) is 0 Å². The first-order chi connectivity index (χ1) is 20.6. The van der Waals surface area contributed by atoms with E-state index >= 15 is 0 Å². The summed E-state index contributed by atoms with van der Waals surface area (Å²) in [6, 6.07) is 53.5. The summed E-state index contributed by atoms with van der Waals surface area (Å²) in [7, 11) is 0. The van der Waals surface area contributed by atoms with Crippen LogP contribution in [0.3, 0.4) is 0 Å². The van der Waals surface area contributed by atoms with Crippen molar-refractivity contribution in [3.8, 4) is 33.4 Å². The maximum Gasteiger partial charge on any atom is 0.0468 e. The summed E-state index contributed by atoms with van der Waals surface area (Å²) in [5.41, 5.74) is 12.7. The number of nitrogens with zero attached hydrogens (tertiary/aromatic N) is 1. The molecule has 0 saturated carbocycles. The Kier molecular flexibility index (Phi) is 5.72. The number of anilines is 3. The Balaban J connectivity index is 1.21. The van der Waals surface area contributed by atoms with E-state index in [-0.39, 0.29) is 0 Å². The second kappa shape index (κ2) is 9.75. The molecule has 7 aromatic carbocycles. The molecule has 0 radical (unpaired) electrons. The Hall–Kier alpha value is -5.14. The van der Waals surface area contributed by atoms with Crippen molar-refractivity contribution in [1.82, 2.24) is 0 Å². The van der Waals surface area contributed by atoms with Gasteiger partial charge in [0, 0.05) is 17.1 Å². The minimum atomic E-state index is 0.507. The average molecular weight is 538 g/mol. The van der Waals surface area contributed by atoms with Gasteiger partial charge in [-0.15, -0.1) is 0 Å². The highest BCUT2D eigenvalue weighted by molar-refractivity contribution is 6.12. The van der Waals surface area contributed by atoms with E-state index < -0.39 is 0 Å².